The first kappa shape index (κ1) is 20.9. The molecule has 0 aromatic heterocycles. The van der Waals surface area contributed by atoms with E-state index in [0.29, 0.717) is 6.61 Å². The maximum absolute atomic E-state index is 12.5. The van der Waals surface area contributed by atoms with Crippen LogP contribution in [-0.2, 0) is 9.53 Å². The fourth-order valence-electron chi connectivity index (χ4n) is 2.40. The molecule has 2 aromatic rings. The fraction of sp³-hybridized carbons (Fsp3) is 0.318. The van der Waals surface area contributed by atoms with E-state index in [9.17, 15) is 4.79 Å². The van der Waals surface area contributed by atoms with E-state index >= 15 is 0 Å². The Morgan fingerprint density at radius 3 is 2.44 bits per heavy atom. The first-order valence-corrected chi connectivity index (χ1v) is 9.51. The summed E-state index contributed by atoms with van der Waals surface area (Å²) in [7, 11) is 1.62. The van der Waals surface area contributed by atoms with E-state index in [-0.39, 0.29) is 5.97 Å². The fourth-order valence-corrected chi connectivity index (χ4v) is 2.78. The number of ether oxygens (including phenoxy) is 2. The zero-order valence-electron chi connectivity index (χ0n) is 16.0. The van der Waals surface area contributed by atoms with Crippen molar-refractivity contribution in [1.82, 2.24) is 0 Å². The summed E-state index contributed by atoms with van der Waals surface area (Å²) in [6.07, 6.45) is 0. The van der Waals surface area contributed by atoms with Gasteiger partial charge in [0.05, 0.1) is 19.1 Å². The third-order valence-corrected chi connectivity index (χ3v) is 4.84. The molecule has 0 amide bonds. The Morgan fingerprint density at radius 1 is 1.19 bits per heavy atom. The third-order valence-electron chi connectivity index (χ3n) is 4.15. The normalized spacial score (nSPS) is 11.7. The van der Waals surface area contributed by atoms with Crippen molar-refractivity contribution in [3.8, 4) is 17.6 Å². The lowest BCUT2D eigenvalue weighted by Gasteiger charge is -2.30. The van der Waals surface area contributed by atoms with Crippen LogP contribution >= 0.6 is 15.9 Å². The van der Waals surface area contributed by atoms with Gasteiger partial charge in [-0.3, -0.25) is 4.79 Å². The Bertz CT molecular complexity index is 835. The lowest BCUT2D eigenvalue weighted by Crippen LogP contribution is -2.42. The van der Waals surface area contributed by atoms with Crippen molar-refractivity contribution in [2.45, 2.75) is 26.8 Å². The summed E-state index contributed by atoms with van der Waals surface area (Å²) in [5.74, 6) is 6.85. The highest BCUT2D eigenvalue weighted by molar-refractivity contribution is 9.10. The van der Waals surface area contributed by atoms with Crippen molar-refractivity contribution in [3.63, 3.8) is 0 Å². The zero-order valence-corrected chi connectivity index (χ0v) is 17.6. The molecule has 1 atom stereocenters. The Hall–Kier alpha value is -2.45. The van der Waals surface area contributed by atoms with Gasteiger partial charge in [-0.1, -0.05) is 24.0 Å². The molecule has 0 saturated heterocycles. The summed E-state index contributed by atoms with van der Waals surface area (Å²) in [6.45, 7) is 5.80. The van der Waals surface area contributed by atoms with Crippen molar-refractivity contribution < 1.29 is 14.3 Å². The zero-order chi connectivity index (χ0) is 19.9. The number of esters is 1. The van der Waals surface area contributed by atoms with Gasteiger partial charge in [-0.15, -0.1) is 0 Å². The Kier molecular flexibility index (Phi) is 7.32. The van der Waals surface area contributed by atoms with E-state index < -0.39 is 11.5 Å². The van der Waals surface area contributed by atoms with Crippen LogP contribution in [0.2, 0.25) is 0 Å². The van der Waals surface area contributed by atoms with Gasteiger partial charge in [0.1, 0.15) is 11.8 Å². The van der Waals surface area contributed by atoms with Crippen LogP contribution in [0.4, 0.5) is 5.69 Å². The standard InChI is InChI=1S/C22H24BrNO3/c1-5-27-21(25)22(2,3)20(15-10-16-8-6-7-9-19(16)23)24-17-11-13-18(26-4)14-12-17/h6-9,11-14,20,24H,5H2,1-4H3. The first-order valence-electron chi connectivity index (χ1n) is 8.72. The molecular formula is C22H24BrNO3. The maximum atomic E-state index is 12.5. The van der Waals surface area contributed by atoms with Crippen molar-refractivity contribution in [2.75, 3.05) is 19.0 Å². The predicted molar refractivity (Wildman–Crippen MR) is 112 cm³/mol. The van der Waals surface area contributed by atoms with Crippen molar-refractivity contribution >= 4 is 27.6 Å². The number of anilines is 1. The number of rotatable bonds is 6. The summed E-state index contributed by atoms with van der Waals surface area (Å²) in [5, 5.41) is 3.35. The lowest BCUT2D eigenvalue weighted by molar-refractivity contribution is -0.153. The topological polar surface area (TPSA) is 47.6 Å². The van der Waals surface area contributed by atoms with Gasteiger partial charge in [-0.05, 0) is 73.1 Å². The molecule has 5 heteroatoms. The second-order valence-corrected chi connectivity index (χ2v) is 7.35. The summed E-state index contributed by atoms with van der Waals surface area (Å²) in [4.78, 5) is 12.5. The Labute approximate surface area is 169 Å². The van der Waals surface area contributed by atoms with E-state index in [1.807, 2.05) is 62.4 Å². The molecule has 1 unspecified atom stereocenters. The van der Waals surface area contributed by atoms with Crippen LogP contribution in [0.5, 0.6) is 5.75 Å². The molecule has 2 aromatic carbocycles. The molecular weight excluding hydrogens is 406 g/mol. The van der Waals surface area contributed by atoms with Crippen LogP contribution in [0.15, 0.2) is 53.0 Å². The van der Waals surface area contributed by atoms with Gasteiger partial charge in [0.25, 0.3) is 0 Å². The van der Waals surface area contributed by atoms with Crippen LogP contribution in [0.3, 0.4) is 0 Å². The van der Waals surface area contributed by atoms with Gasteiger partial charge in [-0.2, -0.15) is 0 Å². The predicted octanol–water partition coefficient (Wildman–Crippen LogP) is 4.88. The number of hydrogen-bond acceptors (Lipinski definition) is 4. The van der Waals surface area contributed by atoms with Crippen LogP contribution in [-0.4, -0.2) is 25.7 Å². The molecule has 142 valence electrons. The van der Waals surface area contributed by atoms with Gasteiger partial charge in [0, 0.05) is 15.7 Å². The Balaban J connectivity index is 2.36. The molecule has 0 aliphatic rings. The van der Waals surface area contributed by atoms with Crippen molar-refractivity contribution in [1.29, 1.82) is 0 Å². The van der Waals surface area contributed by atoms with Gasteiger partial charge in [0.15, 0.2) is 0 Å². The van der Waals surface area contributed by atoms with Gasteiger partial charge in [0.2, 0.25) is 0 Å². The molecule has 0 fully saturated rings. The van der Waals surface area contributed by atoms with Crippen LogP contribution in [0.25, 0.3) is 0 Å². The molecule has 0 saturated carbocycles. The average molecular weight is 430 g/mol. The smallest absolute Gasteiger partial charge is 0.314 e. The average Bonchev–Trinajstić information content (AvgIpc) is 2.66. The minimum atomic E-state index is -0.843. The summed E-state index contributed by atoms with van der Waals surface area (Å²) in [5.41, 5.74) is 0.864. The minimum Gasteiger partial charge on any atom is -0.497 e. The monoisotopic (exact) mass is 429 g/mol. The molecule has 0 spiro atoms. The summed E-state index contributed by atoms with van der Waals surface area (Å²) in [6, 6.07) is 14.8. The largest absolute Gasteiger partial charge is 0.497 e. The molecule has 0 bridgehead atoms. The van der Waals surface area contributed by atoms with Gasteiger partial charge < -0.3 is 14.8 Å². The number of hydrogen-bond donors (Lipinski definition) is 1. The SMILES string of the molecule is CCOC(=O)C(C)(C)C(C#Cc1ccccc1Br)Nc1ccc(OC)cc1. The number of carbonyl (C=O) groups excluding carboxylic acids is 1. The summed E-state index contributed by atoms with van der Waals surface area (Å²) < 4.78 is 11.4. The van der Waals surface area contributed by atoms with E-state index in [1.165, 1.54) is 0 Å². The number of nitrogens with one attached hydrogen (secondary N) is 1. The quantitative estimate of drug-likeness (QED) is 0.524. The molecule has 4 nitrogen and oxygen atoms in total. The molecule has 2 rings (SSSR count). The second kappa shape index (κ2) is 9.48. The third kappa shape index (κ3) is 5.51. The molecule has 0 aliphatic heterocycles. The van der Waals surface area contributed by atoms with Gasteiger partial charge >= 0.3 is 5.97 Å². The Morgan fingerprint density at radius 2 is 1.85 bits per heavy atom. The number of halogens is 1. The second-order valence-electron chi connectivity index (χ2n) is 6.50. The molecule has 1 N–H and O–H groups in total. The van der Waals surface area contributed by atoms with Crippen LogP contribution < -0.4 is 10.1 Å². The van der Waals surface area contributed by atoms with Gasteiger partial charge in [-0.25, -0.2) is 0 Å². The number of benzene rings is 2. The highest BCUT2D eigenvalue weighted by Gasteiger charge is 2.37. The van der Waals surface area contributed by atoms with Crippen LogP contribution in [0, 0.1) is 17.3 Å². The van der Waals surface area contributed by atoms with E-state index in [2.05, 4.69) is 33.1 Å². The molecule has 27 heavy (non-hydrogen) atoms. The highest BCUT2D eigenvalue weighted by atomic mass is 79.9. The minimum absolute atomic E-state index is 0.294. The van der Waals surface area contributed by atoms with E-state index in [4.69, 9.17) is 9.47 Å². The van der Waals surface area contributed by atoms with Crippen molar-refractivity contribution in [2.24, 2.45) is 5.41 Å². The van der Waals surface area contributed by atoms with Crippen LogP contribution in [0.1, 0.15) is 26.3 Å². The first-order chi connectivity index (χ1) is 12.9. The van der Waals surface area contributed by atoms with Crippen molar-refractivity contribution in [3.05, 3.63) is 58.6 Å². The van der Waals surface area contributed by atoms with E-state index in [0.717, 1.165) is 21.5 Å². The molecule has 0 heterocycles. The molecule has 0 radical (unpaired) electrons. The molecule has 0 aliphatic carbocycles. The number of methoxy groups -OCH3 is 1. The summed E-state index contributed by atoms with van der Waals surface area (Å²) >= 11 is 3.50. The maximum Gasteiger partial charge on any atom is 0.314 e. The van der Waals surface area contributed by atoms with E-state index in [1.54, 1.807) is 14.0 Å². The highest BCUT2D eigenvalue weighted by Crippen LogP contribution is 2.27. The lowest BCUT2D eigenvalue weighted by atomic mass is 9.84. The number of carbonyl (C=O) groups is 1.